The second-order valence-corrected chi connectivity index (χ2v) is 9.26. The molecule has 1 aliphatic rings. The van der Waals surface area contributed by atoms with Crippen molar-refractivity contribution in [3.63, 3.8) is 0 Å². The fraction of sp³-hybridized carbons (Fsp3) is 0.440. The molecule has 0 aliphatic carbocycles. The minimum atomic E-state index is -0.656. The summed E-state index contributed by atoms with van der Waals surface area (Å²) in [5, 5.41) is 9.94. The van der Waals surface area contributed by atoms with Crippen LogP contribution < -0.4 is 11.0 Å². The van der Waals surface area contributed by atoms with Crippen molar-refractivity contribution < 1.29 is 13.5 Å². The van der Waals surface area contributed by atoms with Gasteiger partial charge in [-0.3, -0.25) is 4.57 Å². The van der Waals surface area contributed by atoms with E-state index in [0.29, 0.717) is 37.1 Å². The van der Waals surface area contributed by atoms with Crippen LogP contribution in [0.3, 0.4) is 0 Å². The van der Waals surface area contributed by atoms with Gasteiger partial charge in [-0.2, -0.15) is 5.10 Å². The van der Waals surface area contributed by atoms with Gasteiger partial charge in [-0.25, -0.2) is 18.7 Å². The molecule has 1 saturated heterocycles. The number of aromatic nitrogens is 3. The normalized spacial score (nSPS) is 23.6. The summed E-state index contributed by atoms with van der Waals surface area (Å²) in [6.07, 6.45) is 2.42. The molecule has 1 aromatic heterocycles. The third kappa shape index (κ3) is 4.80. The monoisotopic (exact) mass is 490 g/mol. The Balaban J connectivity index is 1.58. The Kier molecular flexibility index (Phi) is 7.50. The number of hydrogen-bond donors (Lipinski definition) is 2. The number of halogens is 3. The summed E-state index contributed by atoms with van der Waals surface area (Å²) in [7, 11) is 0. The number of hydrogen-bond acceptors (Lipinski definition) is 4. The third-order valence-electron chi connectivity index (χ3n) is 6.84. The molecule has 0 spiro atoms. The van der Waals surface area contributed by atoms with Gasteiger partial charge in [0.15, 0.2) is 0 Å². The summed E-state index contributed by atoms with van der Waals surface area (Å²) in [5.41, 5.74) is 1.25. The minimum absolute atomic E-state index is 0.254. The van der Waals surface area contributed by atoms with Crippen LogP contribution in [0.5, 0.6) is 0 Å². The smallest absolute Gasteiger partial charge is 0.343 e. The Hall–Kier alpha value is -2.55. The van der Waals surface area contributed by atoms with E-state index < -0.39 is 24.4 Å². The van der Waals surface area contributed by atoms with Crippen LogP contribution in [0.25, 0.3) is 0 Å². The maximum atomic E-state index is 13.3. The molecule has 4 rings (SSSR count). The van der Waals surface area contributed by atoms with Gasteiger partial charge in [0, 0.05) is 12.4 Å². The highest BCUT2D eigenvalue weighted by Gasteiger charge is 2.45. The van der Waals surface area contributed by atoms with Crippen LogP contribution in [0.2, 0.25) is 0 Å². The molecule has 0 radical (unpaired) electrons. The molecule has 0 saturated carbocycles. The van der Waals surface area contributed by atoms with Crippen molar-refractivity contribution in [2.75, 3.05) is 19.0 Å². The molecule has 2 aromatic carbocycles. The zero-order chi connectivity index (χ0) is 24.2. The lowest BCUT2D eigenvalue weighted by Crippen LogP contribution is -2.61. The second kappa shape index (κ2) is 10.4. The van der Waals surface area contributed by atoms with E-state index in [1.165, 1.54) is 12.4 Å². The topological polar surface area (TPSA) is 71.9 Å². The van der Waals surface area contributed by atoms with E-state index in [2.05, 4.69) is 15.5 Å². The number of aromatic amines is 1. The molecule has 0 unspecified atom stereocenters. The predicted octanol–water partition coefficient (Wildman–Crippen LogP) is 4.50. The number of H-pyrrole nitrogens is 1. The second-order valence-electron chi connectivity index (χ2n) is 8.99. The van der Waals surface area contributed by atoms with E-state index in [-0.39, 0.29) is 17.7 Å². The Bertz CT molecular complexity index is 1120. The molecule has 34 heavy (non-hydrogen) atoms. The quantitative estimate of drug-likeness (QED) is 0.433. The average Bonchev–Trinajstić information content (AvgIpc) is 3.34. The zero-order valence-corrected chi connectivity index (χ0v) is 19.8. The van der Waals surface area contributed by atoms with E-state index in [1.54, 1.807) is 16.7 Å². The van der Waals surface area contributed by atoms with Crippen LogP contribution in [0.15, 0.2) is 59.7 Å². The van der Waals surface area contributed by atoms with Gasteiger partial charge in [0.2, 0.25) is 0 Å². The molecule has 2 N–H and O–H groups in total. The van der Waals surface area contributed by atoms with Gasteiger partial charge in [-0.05, 0) is 42.0 Å². The lowest BCUT2D eigenvalue weighted by molar-refractivity contribution is -0.00748. The van der Waals surface area contributed by atoms with E-state index in [9.17, 15) is 13.6 Å². The fourth-order valence-electron chi connectivity index (χ4n) is 4.68. The molecular formula is C25H29ClF2N4O2. The molecule has 0 amide bonds. The Morgan fingerprint density at radius 2 is 1.85 bits per heavy atom. The molecular weight excluding hydrogens is 462 g/mol. The molecule has 9 heteroatoms. The van der Waals surface area contributed by atoms with Crippen molar-refractivity contribution in [3.05, 3.63) is 87.6 Å². The first-order valence-corrected chi connectivity index (χ1v) is 11.8. The van der Waals surface area contributed by atoms with Gasteiger partial charge in [0.05, 0.1) is 23.8 Å². The van der Waals surface area contributed by atoms with Gasteiger partial charge < -0.3 is 10.1 Å². The van der Waals surface area contributed by atoms with E-state index >= 15 is 0 Å². The summed E-state index contributed by atoms with van der Waals surface area (Å²) in [4.78, 5) is 12.3. The number of piperidine rings is 1. The lowest BCUT2D eigenvalue weighted by atomic mass is 9.77. The van der Waals surface area contributed by atoms with Crippen molar-refractivity contribution in [1.82, 2.24) is 20.1 Å². The first-order chi connectivity index (χ1) is 16.4. The number of rotatable bonds is 9. The van der Waals surface area contributed by atoms with Gasteiger partial charge >= 0.3 is 5.69 Å². The van der Waals surface area contributed by atoms with Gasteiger partial charge in [-0.15, -0.1) is 11.6 Å². The highest BCUT2D eigenvalue weighted by atomic mass is 35.5. The van der Waals surface area contributed by atoms with Gasteiger partial charge in [0.1, 0.15) is 19.7 Å². The summed E-state index contributed by atoms with van der Waals surface area (Å²) in [5.74, 6) is 0.254. The largest absolute Gasteiger partial charge is 0.372 e. The van der Waals surface area contributed by atoms with Crippen LogP contribution in [0, 0.1) is 0 Å². The summed E-state index contributed by atoms with van der Waals surface area (Å²) in [6.45, 7) is 1.36. The molecule has 6 nitrogen and oxygen atoms in total. The molecule has 0 bridgehead atoms. The lowest BCUT2D eigenvalue weighted by Gasteiger charge is -2.47. The van der Waals surface area contributed by atoms with Crippen molar-refractivity contribution in [1.29, 1.82) is 0 Å². The van der Waals surface area contributed by atoms with Crippen LogP contribution in [-0.4, -0.2) is 33.8 Å². The summed E-state index contributed by atoms with van der Waals surface area (Å²) in [6, 6.07) is 15.0. The third-order valence-corrected chi connectivity index (χ3v) is 7.34. The highest BCUT2D eigenvalue weighted by Crippen LogP contribution is 2.38. The number of ether oxygens (including phenoxy) is 1. The number of benzene rings is 2. The maximum absolute atomic E-state index is 13.3. The van der Waals surface area contributed by atoms with Gasteiger partial charge in [0.25, 0.3) is 0 Å². The Morgan fingerprint density at radius 1 is 1.15 bits per heavy atom. The molecule has 3 atom stereocenters. The SMILES string of the molecule is C[C@@H](OC[C@@]1(c2ccccc2)CC[C@](CCl)(n2cn[nH]c2=O)CN1)c1cc(CF)cc(CF)c1. The van der Waals surface area contributed by atoms with Crippen molar-refractivity contribution in [2.45, 2.75) is 50.3 Å². The van der Waals surface area contributed by atoms with E-state index in [1.807, 2.05) is 37.3 Å². The number of nitrogens with one attached hydrogen (secondary N) is 2. The molecule has 3 aromatic rings. The zero-order valence-electron chi connectivity index (χ0n) is 19.1. The molecule has 2 heterocycles. The standard InChI is InChI=1S/C25H29ClF2N4O2/c1-18(21-10-19(12-27)9-20(11-21)13-28)34-16-25(22-5-3-2-4-6-22)8-7-24(14-26,15-29-25)32-17-30-31-23(32)33/h2-6,9-11,17-18,29H,7-8,12-16H2,1H3,(H,31,33)/t18-,24-,25-/m1/s1. The van der Waals surface area contributed by atoms with Crippen molar-refractivity contribution in [3.8, 4) is 0 Å². The van der Waals surface area contributed by atoms with Crippen LogP contribution >= 0.6 is 11.6 Å². The Labute approximate surface area is 202 Å². The summed E-state index contributed by atoms with van der Waals surface area (Å²) < 4.78 is 34.4. The summed E-state index contributed by atoms with van der Waals surface area (Å²) >= 11 is 6.37. The highest BCUT2D eigenvalue weighted by molar-refractivity contribution is 6.18. The first kappa shape index (κ1) is 24.6. The molecule has 1 fully saturated rings. The van der Waals surface area contributed by atoms with E-state index in [4.69, 9.17) is 16.3 Å². The Morgan fingerprint density at radius 3 is 2.38 bits per heavy atom. The molecule has 1 aliphatic heterocycles. The van der Waals surface area contributed by atoms with E-state index in [0.717, 1.165) is 11.1 Å². The fourth-order valence-corrected chi connectivity index (χ4v) is 5.04. The minimum Gasteiger partial charge on any atom is -0.372 e. The molecule has 182 valence electrons. The first-order valence-electron chi connectivity index (χ1n) is 11.3. The van der Waals surface area contributed by atoms with Crippen LogP contribution in [0.4, 0.5) is 8.78 Å². The van der Waals surface area contributed by atoms with Crippen LogP contribution in [-0.2, 0) is 29.2 Å². The maximum Gasteiger partial charge on any atom is 0.343 e. The predicted molar refractivity (Wildman–Crippen MR) is 127 cm³/mol. The number of nitrogens with zero attached hydrogens (tertiary/aromatic N) is 2. The average molecular weight is 491 g/mol. The van der Waals surface area contributed by atoms with Crippen molar-refractivity contribution >= 4 is 11.6 Å². The van der Waals surface area contributed by atoms with Gasteiger partial charge in [-0.1, -0.05) is 48.5 Å². The number of alkyl halides is 3. The van der Waals surface area contributed by atoms with Crippen molar-refractivity contribution in [2.24, 2.45) is 0 Å². The van der Waals surface area contributed by atoms with Crippen LogP contribution in [0.1, 0.15) is 48.1 Å².